The molecule has 0 bridgehead atoms. The number of benzene rings is 1. The molecule has 6 atom stereocenters. The number of halogens is 1. The van der Waals surface area contributed by atoms with Crippen LogP contribution in [0.25, 0.3) is 0 Å². The zero-order valence-corrected chi connectivity index (χ0v) is 35.6. The summed E-state index contributed by atoms with van der Waals surface area (Å²) in [6, 6.07) is -1.92. The van der Waals surface area contributed by atoms with E-state index in [1.807, 2.05) is 27.7 Å². The number of carbonyl (C=O) groups is 8. The van der Waals surface area contributed by atoms with Crippen molar-refractivity contribution in [3.05, 3.63) is 35.6 Å². The van der Waals surface area contributed by atoms with Gasteiger partial charge in [0.2, 0.25) is 47.3 Å². The lowest BCUT2D eigenvalue weighted by molar-refractivity contribution is -0.142. The Morgan fingerprint density at radius 2 is 1.28 bits per heavy atom. The van der Waals surface area contributed by atoms with Crippen molar-refractivity contribution in [3.63, 3.8) is 0 Å². The quantitative estimate of drug-likeness (QED) is 0.0238. The number of guanidine groups is 1. The Hall–Kier alpha value is -5.47. The minimum Gasteiger partial charge on any atom is -0.370 e. The van der Waals surface area contributed by atoms with Crippen LogP contribution in [0.2, 0.25) is 0 Å². The fourth-order valence-electron chi connectivity index (χ4n) is 6.63. The molecule has 334 valence electrons. The van der Waals surface area contributed by atoms with Crippen molar-refractivity contribution in [1.29, 1.82) is 0 Å². The van der Waals surface area contributed by atoms with Crippen molar-refractivity contribution in [2.45, 2.75) is 122 Å². The molecule has 0 spiro atoms. The second-order valence-electron chi connectivity index (χ2n) is 15.6. The van der Waals surface area contributed by atoms with Gasteiger partial charge in [-0.05, 0) is 73.8 Å². The minimum atomic E-state index is -1.49. The molecule has 0 unspecified atom stereocenters. The third-order valence-corrected chi connectivity index (χ3v) is 9.71. The van der Waals surface area contributed by atoms with E-state index in [2.05, 4.69) is 44.2 Å². The average Bonchev–Trinajstić information content (AvgIpc) is 3.65. The van der Waals surface area contributed by atoms with Crippen LogP contribution in [0.5, 0.6) is 0 Å². The topological polar surface area (TPSA) is 316 Å². The van der Waals surface area contributed by atoms with Crippen LogP contribution in [-0.2, 0) is 44.8 Å². The van der Waals surface area contributed by atoms with Crippen molar-refractivity contribution >= 4 is 65.8 Å². The van der Waals surface area contributed by atoms with Crippen molar-refractivity contribution in [2.24, 2.45) is 39.8 Å². The van der Waals surface area contributed by atoms with Crippen LogP contribution in [-0.4, -0.2) is 113 Å². The number of aliphatic imine (C=N–C) groups is 1. The lowest BCUT2D eigenvalue weighted by Crippen LogP contribution is -2.60. The molecule has 0 saturated carbocycles. The Morgan fingerprint density at radius 3 is 1.78 bits per heavy atom. The maximum Gasteiger partial charge on any atom is 0.246 e. The highest BCUT2D eigenvalue weighted by molar-refractivity contribution is 7.80. The van der Waals surface area contributed by atoms with Crippen LogP contribution < -0.4 is 49.5 Å². The summed E-state index contributed by atoms with van der Waals surface area (Å²) in [7, 11) is 0. The number of carbonyl (C=O) groups excluding carboxylic acids is 8. The van der Waals surface area contributed by atoms with E-state index in [0.717, 1.165) is 0 Å². The van der Waals surface area contributed by atoms with Crippen molar-refractivity contribution in [2.75, 3.05) is 18.8 Å². The molecule has 1 aliphatic heterocycles. The van der Waals surface area contributed by atoms with Crippen LogP contribution in [0.1, 0.15) is 84.6 Å². The van der Waals surface area contributed by atoms with E-state index in [-0.39, 0.29) is 75.2 Å². The molecule has 21 heteroatoms. The molecule has 1 saturated heterocycles. The van der Waals surface area contributed by atoms with Crippen LogP contribution in [0, 0.1) is 17.7 Å². The highest BCUT2D eigenvalue weighted by Gasteiger charge is 2.39. The Labute approximate surface area is 355 Å². The molecule has 19 nitrogen and oxygen atoms in total. The number of thiol groups is 1. The first-order valence-electron chi connectivity index (χ1n) is 20.0. The van der Waals surface area contributed by atoms with E-state index in [1.54, 1.807) is 0 Å². The molecule has 1 fully saturated rings. The van der Waals surface area contributed by atoms with E-state index in [0.29, 0.717) is 18.4 Å². The Bertz CT molecular complexity index is 1690. The first-order valence-corrected chi connectivity index (χ1v) is 20.6. The molecule has 1 aliphatic rings. The first-order chi connectivity index (χ1) is 28.2. The zero-order chi connectivity index (χ0) is 45.1. The molecule has 2 rings (SSSR count). The zero-order valence-electron chi connectivity index (χ0n) is 34.7. The monoisotopic (exact) mass is 863 g/mol. The molecule has 0 aliphatic carbocycles. The minimum absolute atomic E-state index is 0.0128. The first kappa shape index (κ1) is 50.7. The van der Waals surface area contributed by atoms with Crippen LogP contribution in [0.15, 0.2) is 29.3 Å². The van der Waals surface area contributed by atoms with Gasteiger partial charge in [-0.2, -0.15) is 12.6 Å². The smallest absolute Gasteiger partial charge is 0.246 e. The molecule has 60 heavy (non-hydrogen) atoms. The lowest BCUT2D eigenvalue weighted by atomic mass is 9.98. The van der Waals surface area contributed by atoms with E-state index in [9.17, 15) is 42.7 Å². The average molecular weight is 864 g/mol. The predicted molar refractivity (Wildman–Crippen MR) is 225 cm³/mol. The number of hydrogen-bond donors (Lipinski definition) is 10. The standard InChI is InChI=1S/C39H62FN11O8S/c1-21(2)17-26(48-36(57)27(18-22(3)4)49-37(58)28(46-32(53)13-16-60)19-23-9-11-24(40)12-10-23)35(56)47-25(7-5-14-45-39(43)44)34(55)50-29(20-31(41)52)38(59)51-15-6-8-30(51)33(42)54/h9-12,21-22,25-30,60H,5-8,13-20H2,1-4H3,(H2,41,52)(H2,42,54)(H,46,53)(H,47,56)(H,48,57)(H,49,58)(H,50,55)(H4,43,44,45)/t25-,26-,27-,28-,29-,30-/m0/s1. The summed E-state index contributed by atoms with van der Waals surface area (Å²) in [5, 5.41) is 13.3. The van der Waals surface area contributed by atoms with E-state index < -0.39 is 95.7 Å². The van der Waals surface area contributed by atoms with Crippen molar-refractivity contribution < 1.29 is 42.7 Å². The lowest BCUT2D eigenvalue weighted by Gasteiger charge is -2.30. The Kier molecular flexibility index (Phi) is 21.3. The maximum atomic E-state index is 14.0. The molecular formula is C39H62FN11O8S. The van der Waals surface area contributed by atoms with Gasteiger partial charge in [0.15, 0.2) is 5.96 Å². The van der Waals surface area contributed by atoms with Crippen molar-refractivity contribution in [3.8, 4) is 0 Å². The van der Waals surface area contributed by atoms with Gasteiger partial charge >= 0.3 is 0 Å². The second kappa shape index (κ2) is 25.2. The van der Waals surface area contributed by atoms with Crippen LogP contribution in [0.3, 0.4) is 0 Å². The van der Waals surface area contributed by atoms with Crippen LogP contribution >= 0.6 is 12.6 Å². The third kappa shape index (κ3) is 17.8. The van der Waals surface area contributed by atoms with Gasteiger partial charge in [-0.1, -0.05) is 39.8 Å². The molecule has 0 radical (unpaired) electrons. The highest BCUT2D eigenvalue weighted by Crippen LogP contribution is 2.19. The van der Waals surface area contributed by atoms with E-state index in [4.69, 9.17) is 22.9 Å². The number of nitrogens with zero attached hydrogens (tertiary/aromatic N) is 2. The number of nitrogens with one attached hydrogen (secondary N) is 5. The maximum absolute atomic E-state index is 14.0. The number of likely N-dealkylation sites (tertiary alicyclic amines) is 1. The number of nitrogens with two attached hydrogens (primary N) is 4. The van der Waals surface area contributed by atoms with Gasteiger partial charge in [-0.25, -0.2) is 4.39 Å². The second-order valence-corrected chi connectivity index (χ2v) is 16.1. The highest BCUT2D eigenvalue weighted by atomic mass is 32.1. The van der Waals surface area contributed by atoms with Gasteiger partial charge < -0.3 is 54.4 Å². The fraction of sp³-hybridized carbons (Fsp3) is 0.615. The third-order valence-electron chi connectivity index (χ3n) is 9.49. The molecule has 8 amide bonds. The number of hydrogen-bond acceptors (Lipinski definition) is 10. The SMILES string of the molecule is CC(C)C[C@H](NC(=O)[C@H](Cc1ccc(F)cc1)NC(=O)CCS)C(=O)N[C@@H](CC(C)C)C(=O)N[C@@H](CCCN=C(N)N)C(=O)N[C@@H](CC(N)=O)C(=O)N1CCC[C@H]1C(N)=O. The summed E-state index contributed by atoms with van der Waals surface area (Å²) in [5.41, 5.74) is 22.4. The Balaban J connectivity index is 2.38. The van der Waals surface area contributed by atoms with Crippen LogP contribution in [0.4, 0.5) is 4.39 Å². The Morgan fingerprint density at radius 1 is 0.767 bits per heavy atom. The number of rotatable bonds is 25. The molecule has 1 aromatic rings. The summed E-state index contributed by atoms with van der Waals surface area (Å²) < 4.78 is 13.6. The van der Waals surface area contributed by atoms with Gasteiger partial charge in [0.25, 0.3) is 0 Å². The van der Waals surface area contributed by atoms with Gasteiger partial charge in [0.1, 0.15) is 42.1 Å². The molecule has 13 N–H and O–H groups in total. The molecular weight excluding hydrogens is 802 g/mol. The summed E-state index contributed by atoms with van der Waals surface area (Å²) >= 11 is 4.09. The summed E-state index contributed by atoms with van der Waals surface area (Å²) in [5.74, 6) is -6.66. The summed E-state index contributed by atoms with van der Waals surface area (Å²) in [6.07, 6.45) is 0.519. The largest absolute Gasteiger partial charge is 0.370 e. The molecule has 0 aromatic heterocycles. The van der Waals surface area contributed by atoms with Crippen molar-refractivity contribution in [1.82, 2.24) is 31.5 Å². The molecule has 1 aromatic carbocycles. The number of amides is 8. The summed E-state index contributed by atoms with van der Waals surface area (Å²) in [4.78, 5) is 111. The van der Waals surface area contributed by atoms with Gasteiger partial charge in [0.05, 0.1) is 6.42 Å². The fourth-order valence-corrected chi connectivity index (χ4v) is 6.83. The van der Waals surface area contributed by atoms with E-state index in [1.165, 1.54) is 29.2 Å². The normalized spacial score (nSPS) is 16.1. The molecule has 1 heterocycles. The van der Waals surface area contributed by atoms with E-state index >= 15 is 0 Å². The van der Waals surface area contributed by atoms with Gasteiger partial charge in [-0.3, -0.25) is 43.3 Å². The van der Waals surface area contributed by atoms with Gasteiger partial charge in [0, 0.05) is 25.9 Å². The summed E-state index contributed by atoms with van der Waals surface area (Å²) in [6.45, 7) is 7.50. The predicted octanol–water partition coefficient (Wildman–Crippen LogP) is -1.39. The van der Waals surface area contributed by atoms with Gasteiger partial charge in [-0.15, -0.1) is 0 Å². The number of primary amides is 2.